The molecule has 1 amide bonds. The fraction of sp³-hybridized carbons (Fsp3) is 0.0667. The van der Waals surface area contributed by atoms with E-state index in [0.29, 0.717) is 17.8 Å². The van der Waals surface area contributed by atoms with Crippen LogP contribution < -0.4 is 5.32 Å². The van der Waals surface area contributed by atoms with Gasteiger partial charge in [-0.05, 0) is 29.8 Å². The van der Waals surface area contributed by atoms with Crippen LogP contribution in [-0.2, 0) is 11.0 Å². The van der Waals surface area contributed by atoms with Gasteiger partial charge >= 0.3 is 6.18 Å². The molecule has 1 aromatic heterocycles. The first-order valence-corrected chi connectivity index (χ1v) is 6.61. The van der Waals surface area contributed by atoms with E-state index in [1.807, 2.05) is 0 Å². The van der Waals surface area contributed by atoms with E-state index in [1.54, 1.807) is 6.07 Å². The van der Waals surface area contributed by atoms with Gasteiger partial charge in [-0.3, -0.25) is 4.79 Å². The van der Waals surface area contributed by atoms with Crippen molar-refractivity contribution in [1.29, 1.82) is 0 Å². The zero-order valence-electron chi connectivity index (χ0n) is 11.4. The summed E-state index contributed by atoms with van der Waals surface area (Å²) in [6.45, 7) is 0. The van der Waals surface area contributed by atoms with Gasteiger partial charge in [-0.15, -0.1) is 0 Å². The third-order valence-electron chi connectivity index (χ3n) is 2.69. The molecule has 120 valence electrons. The van der Waals surface area contributed by atoms with Gasteiger partial charge in [0.1, 0.15) is 5.82 Å². The lowest BCUT2D eigenvalue weighted by Gasteiger charge is -2.09. The summed E-state index contributed by atoms with van der Waals surface area (Å²) in [6, 6.07) is 6.19. The molecule has 8 heteroatoms. The summed E-state index contributed by atoms with van der Waals surface area (Å²) in [7, 11) is 0. The van der Waals surface area contributed by atoms with Crippen LogP contribution >= 0.6 is 11.6 Å². The van der Waals surface area contributed by atoms with Crippen molar-refractivity contribution in [3.8, 4) is 0 Å². The number of amides is 1. The number of hydrogen-bond acceptors (Lipinski definition) is 2. The summed E-state index contributed by atoms with van der Waals surface area (Å²) >= 11 is 5.67. The van der Waals surface area contributed by atoms with Crippen LogP contribution in [0.2, 0.25) is 5.02 Å². The van der Waals surface area contributed by atoms with Gasteiger partial charge in [0, 0.05) is 12.3 Å². The summed E-state index contributed by atoms with van der Waals surface area (Å²) in [6.07, 6.45) is -1.57. The van der Waals surface area contributed by atoms with E-state index in [4.69, 9.17) is 11.6 Å². The molecular weight excluding hydrogens is 336 g/mol. The van der Waals surface area contributed by atoms with Crippen molar-refractivity contribution in [2.75, 3.05) is 5.32 Å². The molecular formula is C15H9ClF4N2O. The highest BCUT2D eigenvalue weighted by Gasteiger charge is 2.31. The van der Waals surface area contributed by atoms with E-state index in [-0.39, 0.29) is 10.8 Å². The van der Waals surface area contributed by atoms with Crippen molar-refractivity contribution in [2.45, 2.75) is 6.18 Å². The first kappa shape index (κ1) is 17.0. The van der Waals surface area contributed by atoms with Crippen LogP contribution in [0.4, 0.5) is 23.4 Å². The maximum absolute atomic E-state index is 13.0. The average Bonchev–Trinajstić information content (AvgIpc) is 2.46. The zero-order valence-corrected chi connectivity index (χ0v) is 12.1. The van der Waals surface area contributed by atoms with E-state index in [1.165, 1.54) is 24.3 Å². The van der Waals surface area contributed by atoms with Crippen molar-refractivity contribution < 1.29 is 22.4 Å². The van der Waals surface area contributed by atoms with E-state index in [0.717, 1.165) is 6.08 Å². The number of aromatic nitrogens is 1. The van der Waals surface area contributed by atoms with E-state index in [9.17, 15) is 22.4 Å². The molecule has 0 spiro atoms. The molecule has 0 fully saturated rings. The molecule has 0 aliphatic rings. The van der Waals surface area contributed by atoms with Crippen LogP contribution in [-0.4, -0.2) is 10.9 Å². The molecule has 0 saturated carbocycles. The SMILES string of the molecule is O=C(/C=C/c1cccc(F)c1)Nc1ncc(C(F)(F)F)cc1Cl. The Morgan fingerprint density at radius 3 is 2.61 bits per heavy atom. The Balaban J connectivity index is 2.08. The number of alkyl halides is 3. The number of benzene rings is 1. The third kappa shape index (κ3) is 4.79. The van der Waals surface area contributed by atoms with Crippen molar-refractivity contribution in [2.24, 2.45) is 0 Å². The Morgan fingerprint density at radius 2 is 2.00 bits per heavy atom. The number of rotatable bonds is 3. The van der Waals surface area contributed by atoms with Gasteiger partial charge in [-0.25, -0.2) is 9.37 Å². The minimum Gasteiger partial charge on any atom is -0.306 e. The fourth-order valence-electron chi connectivity index (χ4n) is 1.63. The molecule has 3 nitrogen and oxygen atoms in total. The normalized spacial score (nSPS) is 11.7. The Bertz CT molecular complexity index is 759. The van der Waals surface area contributed by atoms with Crippen LogP contribution in [0.5, 0.6) is 0 Å². The summed E-state index contributed by atoms with van der Waals surface area (Å²) < 4.78 is 50.4. The average molecular weight is 345 g/mol. The van der Waals surface area contributed by atoms with Crippen LogP contribution in [0.3, 0.4) is 0 Å². The molecule has 0 radical (unpaired) electrons. The Labute approximate surface area is 133 Å². The predicted molar refractivity (Wildman–Crippen MR) is 78.3 cm³/mol. The minimum absolute atomic E-state index is 0.200. The Morgan fingerprint density at radius 1 is 1.26 bits per heavy atom. The minimum atomic E-state index is -4.57. The van der Waals surface area contributed by atoms with Gasteiger partial charge < -0.3 is 5.32 Å². The smallest absolute Gasteiger partial charge is 0.306 e. The second-order valence-corrected chi connectivity index (χ2v) is 4.84. The molecule has 0 bridgehead atoms. The second-order valence-electron chi connectivity index (χ2n) is 4.43. The topological polar surface area (TPSA) is 42.0 Å². The highest BCUT2D eigenvalue weighted by molar-refractivity contribution is 6.33. The standard InChI is InChI=1S/C15H9ClF4N2O/c16-12-7-10(15(18,19)20)8-21-14(12)22-13(23)5-4-9-2-1-3-11(17)6-9/h1-8H,(H,21,22,23)/b5-4+. The number of halogens is 5. The molecule has 1 aromatic carbocycles. The molecule has 2 aromatic rings. The lowest BCUT2D eigenvalue weighted by molar-refractivity contribution is -0.137. The van der Waals surface area contributed by atoms with Gasteiger partial charge in [-0.2, -0.15) is 13.2 Å². The molecule has 0 unspecified atom stereocenters. The summed E-state index contributed by atoms with van der Waals surface area (Å²) in [5.74, 6) is -1.32. The molecule has 23 heavy (non-hydrogen) atoms. The number of carbonyl (C=O) groups is 1. The van der Waals surface area contributed by atoms with Crippen molar-refractivity contribution in [3.05, 3.63) is 64.6 Å². The van der Waals surface area contributed by atoms with E-state index >= 15 is 0 Å². The van der Waals surface area contributed by atoms with Crippen molar-refractivity contribution in [1.82, 2.24) is 4.98 Å². The quantitative estimate of drug-likeness (QED) is 0.656. The van der Waals surface area contributed by atoms with Crippen LogP contribution in [0, 0.1) is 5.82 Å². The van der Waals surface area contributed by atoms with E-state index < -0.39 is 23.5 Å². The molecule has 0 aliphatic heterocycles. The van der Waals surface area contributed by atoms with E-state index in [2.05, 4.69) is 10.3 Å². The second kappa shape index (κ2) is 6.78. The van der Waals surface area contributed by atoms with Gasteiger partial charge in [0.2, 0.25) is 5.91 Å². The number of pyridine rings is 1. The van der Waals surface area contributed by atoms with Gasteiger partial charge in [0.05, 0.1) is 10.6 Å². The number of anilines is 1. The van der Waals surface area contributed by atoms with Crippen molar-refractivity contribution in [3.63, 3.8) is 0 Å². The predicted octanol–water partition coefficient (Wildman–Crippen LogP) is 4.54. The van der Waals surface area contributed by atoms with Gasteiger partial charge in [0.25, 0.3) is 0 Å². The molecule has 0 aliphatic carbocycles. The first-order valence-electron chi connectivity index (χ1n) is 6.23. The fourth-order valence-corrected chi connectivity index (χ4v) is 1.84. The summed E-state index contributed by atoms with van der Waals surface area (Å²) in [4.78, 5) is 15.2. The van der Waals surface area contributed by atoms with Gasteiger partial charge in [0.15, 0.2) is 5.82 Å². The summed E-state index contributed by atoms with van der Waals surface area (Å²) in [5.41, 5.74) is -0.567. The summed E-state index contributed by atoms with van der Waals surface area (Å²) in [5, 5.41) is 1.90. The zero-order chi connectivity index (χ0) is 17.0. The number of carbonyl (C=O) groups excluding carboxylic acids is 1. The molecule has 1 N–H and O–H groups in total. The number of hydrogen-bond donors (Lipinski definition) is 1. The van der Waals surface area contributed by atoms with Crippen LogP contribution in [0.15, 0.2) is 42.6 Å². The number of nitrogens with zero attached hydrogens (tertiary/aromatic N) is 1. The molecule has 1 heterocycles. The van der Waals surface area contributed by atoms with Crippen LogP contribution in [0.25, 0.3) is 6.08 Å². The maximum Gasteiger partial charge on any atom is 0.417 e. The third-order valence-corrected chi connectivity index (χ3v) is 2.97. The highest BCUT2D eigenvalue weighted by Crippen LogP contribution is 2.32. The monoisotopic (exact) mass is 344 g/mol. The molecule has 0 atom stereocenters. The van der Waals surface area contributed by atoms with Crippen molar-refractivity contribution >= 4 is 29.4 Å². The van der Waals surface area contributed by atoms with Crippen LogP contribution in [0.1, 0.15) is 11.1 Å². The molecule has 2 rings (SSSR count). The van der Waals surface area contributed by atoms with Gasteiger partial charge in [-0.1, -0.05) is 23.7 Å². The highest BCUT2D eigenvalue weighted by atomic mass is 35.5. The maximum atomic E-state index is 13.0. The first-order chi connectivity index (χ1) is 10.8. The largest absolute Gasteiger partial charge is 0.417 e. The lowest BCUT2D eigenvalue weighted by Crippen LogP contribution is -2.11. The Hall–Kier alpha value is -2.41. The number of nitrogens with one attached hydrogen (secondary N) is 1. The molecule has 0 saturated heterocycles. The lowest BCUT2D eigenvalue weighted by atomic mass is 10.2. The Kier molecular flexibility index (Phi) is 5.00.